The van der Waals surface area contributed by atoms with Crippen LogP contribution in [0.1, 0.15) is 17.3 Å². The summed E-state index contributed by atoms with van der Waals surface area (Å²) in [4.78, 5) is 19.2. The summed E-state index contributed by atoms with van der Waals surface area (Å²) in [7, 11) is 2.42. The molecule has 0 spiro atoms. The molecule has 2 aromatic carbocycles. The van der Waals surface area contributed by atoms with Crippen LogP contribution in [0.5, 0.6) is 0 Å². The number of para-hydroxylation sites is 1. The van der Waals surface area contributed by atoms with Crippen molar-refractivity contribution in [1.29, 1.82) is 0 Å². The number of hydrogen-bond acceptors (Lipinski definition) is 5. The molecule has 0 unspecified atom stereocenters. The topological polar surface area (TPSA) is 60.9 Å². The van der Waals surface area contributed by atoms with E-state index in [-0.39, 0.29) is 16.6 Å². The molecule has 0 aliphatic carbocycles. The maximum absolute atomic E-state index is 13.3. The Balaban J connectivity index is 2.22. The first-order valence-electron chi connectivity index (χ1n) is 8.92. The molecule has 0 saturated heterocycles. The number of nitrogens with zero attached hydrogens (tertiary/aromatic N) is 3. The van der Waals surface area contributed by atoms with Crippen LogP contribution in [0.4, 0.5) is 17.1 Å². The number of fused-ring (bicyclic) bond motifs is 2. The zero-order chi connectivity index (χ0) is 19.8. The van der Waals surface area contributed by atoms with Crippen LogP contribution in [0.3, 0.4) is 0 Å². The molecule has 1 aliphatic rings. The van der Waals surface area contributed by atoms with Crippen LogP contribution >= 0.6 is 0 Å². The molecule has 0 atom stereocenters. The van der Waals surface area contributed by atoms with E-state index in [1.54, 1.807) is 30.0 Å². The van der Waals surface area contributed by atoms with E-state index in [0.717, 1.165) is 11.4 Å². The Kier molecular flexibility index (Phi) is 5.26. The molecular formula is C20H25N3O3S. The molecule has 0 aromatic heterocycles. The van der Waals surface area contributed by atoms with Gasteiger partial charge in [0, 0.05) is 20.1 Å². The van der Waals surface area contributed by atoms with Gasteiger partial charge in [-0.2, -0.15) is 0 Å². The van der Waals surface area contributed by atoms with Crippen molar-refractivity contribution in [3.63, 3.8) is 0 Å². The Morgan fingerprint density at radius 2 is 1.70 bits per heavy atom. The summed E-state index contributed by atoms with van der Waals surface area (Å²) in [5.41, 5.74) is 2.84. The number of amides is 1. The molecule has 3 rings (SSSR count). The zero-order valence-corrected chi connectivity index (χ0v) is 17.0. The van der Waals surface area contributed by atoms with Crippen LogP contribution in [-0.4, -0.2) is 59.2 Å². The quantitative estimate of drug-likeness (QED) is 0.790. The largest absolute Gasteiger partial charge is 0.342 e. The number of carbonyl (C=O) groups excluding carboxylic acids is 1. The second-order valence-electron chi connectivity index (χ2n) is 6.89. The Bertz CT molecular complexity index is 970. The van der Waals surface area contributed by atoms with Gasteiger partial charge in [0.25, 0.3) is 5.91 Å². The van der Waals surface area contributed by atoms with Gasteiger partial charge in [0.15, 0.2) is 9.84 Å². The number of anilines is 3. The molecule has 0 fully saturated rings. The first kappa shape index (κ1) is 19.4. The average molecular weight is 388 g/mol. The molecule has 27 heavy (non-hydrogen) atoms. The van der Waals surface area contributed by atoms with Gasteiger partial charge < -0.3 is 14.7 Å². The Hall–Kier alpha value is -2.38. The van der Waals surface area contributed by atoms with Gasteiger partial charge in [-0.25, -0.2) is 8.42 Å². The highest BCUT2D eigenvalue weighted by atomic mass is 32.2. The summed E-state index contributed by atoms with van der Waals surface area (Å²) in [6.45, 7) is 2.76. The third kappa shape index (κ3) is 3.57. The average Bonchev–Trinajstić information content (AvgIpc) is 2.74. The predicted octanol–water partition coefficient (Wildman–Crippen LogP) is 2.77. The van der Waals surface area contributed by atoms with Gasteiger partial charge in [-0.3, -0.25) is 4.79 Å². The smallest absolute Gasteiger partial charge is 0.260 e. The Labute approximate surface area is 160 Å². The highest BCUT2D eigenvalue weighted by molar-refractivity contribution is 7.91. The normalized spacial score (nSPS) is 14.2. The van der Waals surface area contributed by atoms with E-state index in [2.05, 4.69) is 0 Å². The van der Waals surface area contributed by atoms with Gasteiger partial charge >= 0.3 is 0 Å². The summed E-state index contributed by atoms with van der Waals surface area (Å²) in [5.74, 6) is -0.0999. The first-order chi connectivity index (χ1) is 12.8. The number of rotatable bonds is 5. The number of hydrogen-bond donors (Lipinski definition) is 0. The van der Waals surface area contributed by atoms with Crippen molar-refractivity contribution in [2.24, 2.45) is 0 Å². The molecular weight excluding hydrogens is 362 g/mol. The van der Waals surface area contributed by atoms with Crippen LogP contribution < -0.4 is 9.80 Å². The van der Waals surface area contributed by atoms with E-state index >= 15 is 0 Å². The predicted molar refractivity (Wildman–Crippen MR) is 109 cm³/mol. The van der Waals surface area contributed by atoms with Gasteiger partial charge in [-0.1, -0.05) is 19.1 Å². The molecule has 7 heteroatoms. The van der Waals surface area contributed by atoms with Crippen LogP contribution in [-0.2, 0) is 9.84 Å². The highest BCUT2D eigenvalue weighted by Gasteiger charge is 2.30. The minimum atomic E-state index is -3.37. The van der Waals surface area contributed by atoms with Gasteiger partial charge in [0.05, 0.1) is 33.3 Å². The van der Waals surface area contributed by atoms with Crippen LogP contribution in [0.2, 0.25) is 0 Å². The molecule has 1 aliphatic heterocycles. The lowest BCUT2D eigenvalue weighted by Crippen LogP contribution is -2.36. The van der Waals surface area contributed by atoms with E-state index in [9.17, 15) is 13.2 Å². The Morgan fingerprint density at radius 3 is 2.37 bits per heavy atom. The van der Waals surface area contributed by atoms with Gasteiger partial charge in [0.2, 0.25) is 0 Å². The fourth-order valence-electron chi connectivity index (χ4n) is 3.22. The lowest BCUT2D eigenvalue weighted by Gasteiger charge is -2.26. The lowest BCUT2D eigenvalue weighted by molar-refractivity contribution is 0.0986. The van der Waals surface area contributed by atoms with Crippen molar-refractivity contribution in [2.45, 2.75) is 11.8 Å². The standard InChI is InChI=1S/C20H25N3O3S/c1-5-27(25,26)15-10-11-18-19(14-15)23(13-12-21(2)3)20(24)16-8-6-7-9-17(16)22(18)4/h6-11,14H,5,12-13H2,1-4H3. The molecule has 2 aromatic rings. The maximum Gasteiger partial charge on any atom is 0.260 e. The maximum atomic E-state index is 13.3. The Morgan fingerprint density at radius 1 is 1.00 bits per heavy atom. The second kappa shape index (κ2) is 7.32. The number of likely N-dealkylation sites (N-methyl/N-ethyl adjacent to an activating group) is 1. The molecule has 6 nitrogen and oxygen atoms in total. The van der Waals surface area contributed by atoms with E-state index < -0.39 is 9.84 Å². The number of sulfone groups is 1. The monoisotopic (exact) mass is 387 g/mol. The van der Waals surface area contributed by atoms with Gasteiger partial charge in [-0.05, 0) is 44.4 Å². The summed E-state index contributed by atoms with van der Waals surface area (Å²) < 4.78 is 24.8. The fourth-order valence-corrected chi connectivity index (χ4v) is 4.12. The number of benzene rings is 2. The van der Waals surface area contributed by atoms with Crippen molar-refractivity contribution >= 4 is 32.8 Å². The van der Waals surface area contributed by atoms with Crippen LogP contribution in [0.15, 0.2) is 47.4 Å². The second-order valence-corrected chi connectivity index (χ2v) is 9.17. The number of carbonyl (C=O) groups is 1. The molecule has 0 radical (unpaired) electrons. The van der Waals surface area contributed by atoms with Crippen molar-refractivity contribution < 1.29 is 13.2 Å². The van der Waals surface area contributed by atoms with Gasteiger partial charge in [0.1, 0.15) is 0 Å². The van der Waals surface area contributed by atoms with Crippen molar-refractivity contribution in [2.75, 3.05) is 49.8 Å². The molecule has 0 saturated carbocycles. The molecule has 1 amide bonds. The fraction of sp³-hybridized carbons (Fsp3) is 0.350. The minimum Gasteiger partial charge on any atom is -0.342 e. The van der Waals surface area contributed by atoms with E-state index in [1.807, 2.05) is 55.2 Å². The summed E-state index contributed by atoms with van der Waals surface area (Å²) >= 11 is 0. The summed E-state index contributed by atoms with van der Waals surface area (Å²) in [6, 6.07) is 12.5. The third-order valence-electron chi connectivity index (χ3n) is 4.85. The van der Waals surface area contributed by atoms with Crippen molar-refractivity contribution in [1.82, 2.24) is 4.90 Å². The highest BCUT2D eigenvalue weighted by Crippen LogP contribution is 2.40. The van der Waals surface area contributed by atoms with Crippen molar-refractivity contribution in [3.8, 4) is 0 Å². The minimum absolute atomic E-state index is 0.0213. The SMILES string of the molecule is CCS(=O)(=O)c1ccc2c(c1)N(CCN(C)C)C(=O)c1ccccc1N2C. The molecule has 0 N–H and O–H groups in total. The first-order valence-corrected chi connectivity index (χ1v) is 10.6. The molecule has 1 heterocycles. The van der Waals surface area contributed by atoms with Crippen LogP contribution in [0, 0.1) is 0 Å². The van der Waals surface area contributed by atoms with E-state index in [0.29, 0.717) is 24.3 Å². The molecule has 0 bridgehead atoms. The zero-order valence-electron chi connectivity index (χ0n) is 16.1. The van der Waals surface area contributed by atoms with E-state index in [4.69, 9.17) is 0 Å². The van der Waals surface area contributed by atoms with Gasteiger partial charge in [-0.15, -0.1) is 0 Å². The summed E-state index contributed by atoms with van der Waals surface area (Å²) in [6.07, 6.45) is 0. The third-order valence-corrected chi connectivity index (χ3v) is 6.58. The van der Waals surface area contributed by atoms with Crippen LogP contribution in [0.25, 0.3) is 0 Å². The van der Waals surface area contributed by atoms with Crippen molar-refractivity contribution in [3.05, 3.63) is 48.0 Å². The summed E-state index contributed by atoms with van der Waals surface area (Å²) in [5, 5.41) is 0. The molecule has 144 valence electrons. The lowest BCUT2D eigenvalue weighted by atomic mass is 10.1. The van der Waals surface area contributed by atoms with E-state index in [1.165, 1.54) is 0 Å².